The molecule has 0 N–H and O–H groups in total. The number of carbonyl (C=O) groups excluding carboxylic acids is 3. The molecule has 69 heavy (non-hydrogen) atoms. The Morgan fingerprint density at radius 1 is 0.275 bits per heavy atom. The second-order valence-electron chi connectivity index (χ2n) is 22.2. The van der Waals surface area contributed by atoms with Gasteiger partial charge in [-0.1, -0.05) is 323 Å². The van der Waals surface area contributed by atoms with E-state index in [9.17, 15) is 14.4 Å². The number of carbonyl (C=O) groups is 3. The summed E-state index contributed by atoms with van der Waals surface area (Å²) in [4.78, 5) is 38.3. The Hall–Kier alpha value is -1.59. The van der Waals surface area contributed by atoms with Crippen molar-refractivity contribution in [2.24, 2.45) is 5.92 Å². The van der Waals surface area contributed by atoms with Crippen LogP contribution in [0.3, 0.4) is 0 Å². The van der Waals surface area contributed by atoms with Crippen molar-refractivity contribution in [2.45, 2.75) is 368 Å². The third-order valence-electron chi connectivity index (χ3n) is 14.5. The first kappa shape index (κ1) is 67.4. The summed E-state index contributed by atoms with van der Waals surface area (Å²) in [5.74, 6) is 0.0195. The predicted octanol–water partition coefficient (Wildman–Crippen LogP) is 21.0. The van der Waals surface area contributed by atoms with Crippen LogP contribution in [0.15, 0.2) is 0 Å². The lowest BCUT2D eigenvalue weighted by molar-refractivity contribution is -0.167. The molecule has 0 aliphatic rings. The van der Waals surface area contributed by atoms with E-state index in [1.807, 2.05) is 0 Å². The molecule has 410 valence electrons. The Labute approximate surface area is 431 Å². The molecule has 0 unspecified atom stereocenters. The summed E-state index contributed by atoms with van der Waals surface area (Å²) in [7, 11) is 0. The average Bonchev–Trinajstić information content (AvgIpc) is 3.34. The zero-order valence-electron chi connectivity index (χ0n) is 47.3. The topological polar surface area (TPSA) is 78.9 Å². The van der Waals surface area contributed by atoms with Gasteiger partial charge in [-0.2, -0.15) is 0 Å². The molecule has 6 nitrogen and oxygen atoms in total. The van der Waals surface area contributed by atoms with Crippen LogP contribution in [0.1, 0.15) is 362 Å². The van der Waals surface area contributed by atoms with E-state index in [2.05, 4.69) is 27.7 Å². The van der Waals surface area contributed by atoms with Crippen LogP contribution in [0.5, 0.6) is 0 Å². The fraction of sp³-hybridized carbons (Fsp3) is 0.952. The van der Waals surface area contributed by atoms with Gasteiger partial charge in [0.25, 0.3) is 0 Å². The highest BCUT2D eigenvalue weighted by Crippen LogP contribution is 2.19. The first-order chi connectivity index (χ1) is 33.9. The number of esters is 3. The molecule has 0 aromatic carbocycles. The van der Waals surface area contributed by atoms with Crippen LogP contribution in [0.4, 0.5) is 0 Å². The van der Waals surface area contributed by atoms with Gasteiger partial charge in [-0.05, 0) is 25.2 Å². The molecule has 6 heteroatoms. The van der Waals surface area contributed by atoms with Gasteiger partial charge >= 0.3 is 17.9 Å². The first-order valence-electron chi connectivity index (χ1n) is 31.4. The van der Waals surface area contributed by atoms with Crippen molar-refractivity contribution in [3.8, 4) is 0 Å². The lowest BCUT2D eigenvalue weighted by Gasteiger charge is -2.18. The van der Waals surface area contributed by atoms with Gasteiger partial charge in [-0.25, -0.2) is 0 Å². The van der Waals surface area contributed by atoms with Gasteiger partial charge in [0.05, 0.1) is 0 Å². The molecule has 0 saturated carbocycles. The first-order valence-corrected chi connectivity index (χ1v) is 31.4. The minimum Gasteiger partial charge on any atom is -0.462 e. The van der Waals surface area contributed by atoms with Crippen LogP contribution in [0.25, 0.3) is 0 Å². The van der Waals surface area contributed by atoms with E-state index in [0.717, 1.165) is 63.7 Å². The van der Waals surface area contributed by atoms with Gasteiger partial charge in [0.1, 0.15) is 13.2 Å². The maximum absolute atomic E-state index is 12.9. The summed E-state index contributed by atoms with van der Waals surface area (Å²) >= 11 is 0. The Balaban J connectivity index is 4.28. The smallest absolute Gasteiger partial charge is 0.306 e. The number of ether oxygens (including phenoxy) is 3. The quantitative estimate of drug-likeness (QED) is 0.0343. The lowest BCUT2D eigenvalue weighted by atomic mass is 10.0. The monoisotopic (exact) mass is 975 g/mol. The normalized spacial score (nSPS) is 12.0. The van der Waals surface area contributed by atoms with E-state index in [1.165, 1.54) is 257 Å². The number of unbranched alkanes of at least 4 members (excludes halogenated alkanes) is 45. The molecule has 0 fully saturated rings. The third kappa shape index (κ3) is 57.2. The van der Waals surface area contributed by atoms with Crippen LogP contribution >= 0.6 is 0 Å². The maximum Gasteiger partial charge on any atom is 0.306 e. The van der Waals surface area contributed by atoms with Crippen molar-refractivity contribution in [1.29, 1.82) is 0 Å². The molecule has 0 aliphatic carbocycles. The van der Waals surface area contributed by atoms with Gasteiger partial charge in [0, 0.05) is 19.3 Å². The van der Waals surface area contributed by atoms with E-state index < -0.39 is 6.10 Å². The fourth-order valence-electron chi connectivity index (χ4n) is 9.81. The van der Waals surface area contributed by atoms with E-state index >= 15 is 0 Å². The van der Waals surface area contributed by atoms with Crippen molar-refractivity contribution in [1.82, 2.24) is 0 Å². The Kier molecular flexibility index (Phi) is 56.0. The molecule has 0 saturated heterocycles. The van der Waals surface area contributed by atoms with Gasteiger partial charge in [0.15, 0.2) is 6.10 Å². The van der Waals surface area contributed by atoms with E-state index in [0.29, 0.717) is 19.3 Å². The zero-order valence-corrected chi connectivity index (χ0v) is 47.3. The van der Waals surface area contributed by atoms with E-state index in [-0.39, 0.29) is 31.1 Å². The maximum atomic E-state index is 12.9. The minimum atomic E-state index is -0.763. The van der Waals surface area contributed by atoms with Gasteiger partial charge in [-0.3, -0.25) is 14.4 Å². The predicted molar refractivity (Wildman–Crippen MR) is 298 cm³/mol. The van der Waals surface area contributed by atoms with Crippen molar-refractivity contribution in [3.63, 3.8) is 0 Å². The second kappa shape index (κ2) is 57.3. The number of hydrogen-bond donors (Lipinski definition) is 0. The summed E-state index contributed by atoms with van der Waals surface area (Å²) in [6.07, 6.45) is 63.8. The fourth-order valence-corrected chi connectivity index (χ4v) is 9.81. The second-order valence-corrected chi connectivity index (χ2v) is 22.2. The van der Waals surface area contributed by atoms with Crippen molar-refractivity contribution < 1.29 is 28.6 Å². The summed E-state index contributed by atoms with van der Waals surface area (Å²) in [5.41, 5.74) is 0. The summed E-state index contributed by atoms with van der Waals surface area (Å²) in [5, 5.41) is 0. The van der Waals surface area contributed by atoms with Crippen molar-refractivity contribution in [2.75, 3.05) is 13.2 Å². The Bertz CT molecular complexity index is 1040. The average molecular weight is 976 g/mol. The highest BCUT2D eigenvalue weighted by atomic mass is 16.6. The third-order valence-corrected chi connectivity index (χ3v) is 14.5. The zero-order chi connectivity index (χ0) is 50.2. The molecular formula is C63H122O6. The van der Waals surface area contributed by atoms with E-state index in [1.54, 1.807) is 0 Å². The molecule has 0 bridgehead atoms. The molecule has 0 spiro atoms. The minimum absolute atomic E-state index is 0.0612. The van der Waals surface area contributed by atoms with Crippen molar-refractivity contribution in [3.05, 3.63) is 0 Å². The summed E-state index contributed by atoms with van der Waals surface area (Å²) < 4.78 is 16.9. The summed E-state index contributed by atoms with van der Waals surface area (Å²) in [6.45, 7) is 9.09. The van der Waals surface area contributed by atoms with Crippen LogP contribution in [0, 0.1) is 5.92 Å². The molecule has 0 amide bonds. The lowest BCUT2D eigenvalue weighted by Crippen LogP contribution is -2.30. The van der Waals surface area contributed by atoms with Crippen LogP contribution in [-0.2, 0) is 28.6 Å². The highest BCUT2D eigenvalue weighted by molar-refractivity contribution is 5.71. The van der Waals surface area contributed by atoms with Crippen LogP contribution in [0.2, 0.25) is 0 Å². The molecule has 0 radical (unpaired) electrons. The van der Waals surface area contributed by atoms with Crippen molar-refractivity contribution >= 4 is 17.9 Å². The molecule has 0 aromatic rings. The van der Waals surface area contributed by atoms with E-state index in [4.69, 9.17) is 14.2 Å². The molecule has 0 aromatic heterocycles. The molecule has 0 aliphatic heterocycles. The van der Waals surface area contributed by atoms with Gasteiger partial charge in [-0.15, -0.1) is 0 Å². The Morgan fingerprint density at radius 3 is 0.710 bits per heavy atom. The van der Waals surface area contributed by atoms with Crippen LogP contribution in [-0.4, -0.2) is 37.2 Å². The number of hydrogen-bond acceptors (Lipinski definition) is 6. The summed E-state index contributed by atoms with van der Waals surface area (Å²) in [6, 6.07) is 0. The Morgan fingerprint density at radius 2 is 0.478 bits per heavy atom. The molecular weight excluding hydrogens is 853 g/mol. The largest absolute Gasteiger partial charge is 0.462 e. The number of rotatable bonds is 58. The van der Waals surface area contributed by atoms with Gasteiger partial charge < -0.3 is 14.2 Å². The molecule has 1 atom stereocenters. The highest BCUT2D eigenvalue weighted by Gasteiger charge is 2.19. The molecule has 0 rings (SSSR count). The SMILES string of the molecule is CCCCCCCCCCCCCCCCCCCCC(=O)OC[C@H](COC(=O)CCCCCCCCCCCCCCCCC)OC(=O)CCCCCCCCCCCCCCCCCC(C)C. The van der Waals surface area contributed by atoms with Gasteiger partial charge in [0.2, 0.25) is 0 Å². The van der Waals surface area contributed by atoms with Crippen LogP contribution < -0.4 is 0 Å². The standard InChI is InChI=1S/C63H122O6/c1-5-7-9-11-13-15-17-19-21-22-23-27-31-35-39-43-47-51-55-62(65)68-58-60(57-67-61(64)54-50-46-42-38-34-30-25-20-18-16-14-12-10-8-6-2)69-63(66)56-52-48-44-40-36-32-28-24-26-29-33-37-41-45-49-53-59(3)4/h59-60H,5-58H2,1-4H3/t60-/m0/s1. The molecule has 0 heterocycles.